The molecule has 3 N–H and O–H groups in total. The van der Waals surface area contributed by atoms with E-state index in [1.54, 1.807) is 13.4 Å². The fourth-order valence-corrected chi connectivity index (χ4v) is 6.31. The first-order valence-electron chi connectivity index (χ1n) is 14.6. The zero-order valence-electron chi connectivity index (χ0n) is 23.5. The molecule has 9 heteroatoms. The van der Waals surface area contributed by atoms with Gasteiger partial charge in [-0.3, -0.25) is 4.79 Å². The van der Waals surface area contributed by atoms with Crippen LogP contribution in [0.15, 0.2) is 36.8 Å². The Kier molecular flexibility index (Phi) is 11.0. The van der Waals surface area contributed by atoms with Crippen molar-refractivity contribution in [2.24, 2.45) is 5.92 Å². The van der Waals surface area contributed by atoms with Gasteiger partial charge >= 0.3 is 0 Å². The molecule has 1 aliphatic carbocycles. The summed E-state index contributed by atoms with van der Waals surface area (Å²) in [6.07, 6.45) is 14.1. The number of aromatic amines is 1. The van der Waals surface area contributed by atoms with Crippen molar-refractivity contribution >= 4 is 23.2 Å². The Morgan fingerprint density at radius 2 is 1.95 bits per heavy atom. The summed E-state index contributed by atoms with van der Waals surface area (Å²) in [4.78, 5) is 23.1. The van der Waals surface area contributed by atoms with Crippen LogP contribution in [0.5, 0.6) is 5.75 Å². The van der Waals surface area contributed by atoms with Crippen LogP contribution in [0, 0.1) is 5.92 Å². The number of hydrogen-bond acceptors (Lipinski definition) is 5. The smallest absolute Gasteiger partial charge is 0.245 e. The summed E-state index contributed by atoms with van der Waals surface area (Å²) in [5.74, 6) is 1.50. The van der Waals surface area contributed by atoms with E-state index >= 15 is 0 Å². The SMILES string of the molecule is CCCOC1(C2CCCCC2)CCN(C(=O)C(Cc2ccc(OC)cc2)NC(=S)NCCc2cnc[nH]2)CC1. The quantitative estimate of drug-likeness (QED) is 0.334. The summed E-state index contributed by atoms with van der Waals surface area (Å²) in [5.41, 5.74) is 2.01. The van der Waals surface area contributed by atoms with Gasteiger partial charge in [0.1, 0.15) is 11.8 Å². The number of carbonyl (C=O) groups is 1. The van der Waals surface area contributed by atoms with E-state index in [1.165, 1.54) is 32.1 Å². The van der Waals surface area contributed by atoms with Crippen LogP contribution in [0.3, 0.4) is 0 Å². The Balaban J connectivity index is 1.40. The minimum Gasteiger partial charge on any atom is -0.497 e. The number of nitrogens with zero attached hydrogens (tertiary/aromatic N) is 2. The maximum atomic E-state index is 13.9. The van der Waals surface area contributed by atoms with Crippen LogP contribution in [0.25, 0.3) is 0 Å². The summed E-state index contributed by atoms with van der Waals surface area (Å²) in [6, 6.07) is 7.44. The second kappa shape index (κ2) is 14.7. The molecule has 1 saturated carbocycles. The van der Waals surface area contributed by atoms with Crippen LogP contribution < -0.4 is 15.4 Å². The Hall–Kier alpha value is -2.65. The van der Waals surface area contributed by atoms with Gasteiger partial charge in [-0.15, -0.1) is 0 Å². The Morgan fingerprint density at radius 1 is 1.21 bits per heavy atom. The standard InChI is InChI=1S/C30H45N5O3S/c1-3-19-38-30(24-7-5-4-6-8-24)14-17-35(18-15-30)28(36)27(20-23-9-11-26(37-2)12-10-23)34-29(39)32-16-13-25-21-31-22-33-25/h9-12,21-22,24,27H,3-8,13-20H2,1-2H3,(H,31,33)(H2,32,34,39). The third kappa shape index (κ3) is 8.18. The van der Waals surface area contributed by atoms with E-state index in [2.05, 4.69) is 27.5 Å². The molecular formula is C30H45N5O3S. The summed E-state index contributed by atoms with van der Waals surface area (Å²) in [7, 11) is 1.66. The number of imidazole rings is 1. The van der Waals surface area contributed by atoms with Crippen molar-refractivity contribution in [2.75, 3.05) is 33.4 Å². The van der Waals surface area contributed by atoms with Gasteiger partial charge in [-0.25, -0.2) is 4.98 Å². The molecule has 2 heterocycles. The maximum absolute atomic E-state index is 13.9. The van der Waals surface area contributed by atoms with Gasteiger partial charge in [0.25, 0.3) is 0 Å². The van der Waals surface area contributed by atoms with Crippen molar-refractivity contribution in [3.05, 3.63) is 48.0 Å². The van der Waals surface area contributed by atoms with E-state index in [-0.39, 0.29) is 11.5 Å². The monoisotopic (exact) mass is 555 g/mol. The van der Waals surface area contributed by atoms with E-state index in [9.17, 15) is 4.79 Å². The van der Waals surface area contributed by atoms with Gasteiger partial charge in [-0.05, 0) is 67.9 Å². The zero-order valence-corrected chi connectivity index (χ0v) is 24.4. The number of benzene rings is 1. The molecule has 1 amide bonds. The first-order chi connectivity index (χ1) is 19.0. The predicted molar refractivity (Wildman–Crippen MR) is 158 cm³/mol. The molecule has 214 valence electrons. The van der Waals surface area contributed by atoms with Crippen LogP contribution in [-0.4, -0.2) is 70.9 Å². The molecule has 2 aromatic rings. The Bertz CT molecular complexity index is 1020. The second-order valence-electron chi connectivity index (χ2n) is 10.9. The zero-order chi connectivity index (χ0) is 27.5. The van der Waals surface area contributed by atoms with Crippen LogP contribution in [0.2, 0.25) is 0 Å². The molecule has 8 nitrogen and oxygen atoms in total. The summed E-state index contributed by atoms with van der Waals surface area (Å²) >= 11 is 5.61. The number of nitrogens with one attached hydrogen (secondary N) is 3. The van der Waals surface area contributed by atoms with Crippen LogP contribution in [0.4, 0.5) is 0 Å². The number of methoxy groups -OCH3 is 1. The average Bonchev–Trinajstić information content (AvgIpc) is 3.50. The topological polar surface area (TPSA) is 91.5 Å². The number of H-pyrrole nitrogens is 1. The van der Waals surface area contributed by atoms with Crippen LogP contribution in [-0.2, 0) is 22.4 Å². The molecule has 1 atom stereocenters. The van der Waals surface area contributed by atoms with Gasteiger partial charge in [0.05, 0.1) is 19.0 Å². The van der Waals surface area contributed by atoms with E-state index in [0.717, 1.165) is 62.4 Å². The molecule has 1 aromatic carbocycles. The van der Waals surface area contributed by atoms with Crippen molar-refractivity contribution in [2.45, 2.75) is 82.8 Å². The molecule has 4 rings (SSSR count). The number of ether oxygens (including phenoxy) is 2. The molecule has 0 spiro atoms. The maximum Gasteiger partial charge on any atom is 0.245 e. The molecule has 0 bridgehead atoms. The first-order valence-corrected chi connectivity index (χ1v) is 15.0. The minimum absolute atomic E-state index is 0.0877. The van der Waals surface area contributed by atoms with Crippen LogP contribution >= 0.6 is 12.2 Å². The molecule has 2 fully saturated rings. The normalized spacial score (nSPS) is 18.4. The number of aromatic nitrogens is 2. The second-order valence-corrected chi connectivity index (χ2v) is 11.3. The average molecular weight is 556 g/mol. The van der Waals surface area contributed by atoms with E-state index < -0.39 is 6.04 Å². The van der Waals surface area contributed by atoms with Crippen molar-refractivity contribution in [1.82, 2.24) is 25.5 Å². The van der Waals surface area contributed by atoms with Gasteiger partial charge in [0, 0.05) is 51.0 Å². The number of amides is 1. The summed E-state index contributed by atoms with van der Waals surface area (Å²) < 4.78 is 11.9. The Morgan fingerprint density at radius 3 is 2.59 bits per heavy atom. The largest absolute Gasteiger partial charge is 0.497 e. The lowest BCUT2D eigenvalue weighted by molar-refractivity contribution is -0.149. The number of thiocarbonyl (C=S) groups is 1. The number of hydrogen-bond donors (Lipinski definition) is 3. The third-order valence-electron chi connectivity index (χ3n) is 8.30. The fraction of sp³-hybridized carbons (Fsp3) is 0.633. The first kappa shape index (κ1) is 29.3. The molecule has 39 heavy (non-hydrogen) atoms. The lowest BCUT2D eigenvalue weighted by Crippen LogP contribution is -2.57. The highest BCUT2D eigenvalue weighted by molar-refractivity contribution is 7.80. The molecular weight excluding hydrogens is 510 g/mol. The third-order valence-corrected chi connectivity index (χ3v) is 8.56. The van der Waals surface area contributed by atoms with Crippen molar-refractivity contribution in [1.29, 1.82) is 0 Å². The number of piperidine rings is 1. The van der Waals surface area contributed by atoms with Gasteiger partial charge in [0.15, 0.2) is 5.11 Å². The molecule has 0 radical (unpaired) electrons. The Labute approximate surface area is 238 Å². The van der Waals surface area contributed by atoms with Gasteiger partial charge in [0.2, 0.25) is 5.91 Å². The van der Waals surface area contributed by atoms with Gasteiger partial charge in [-0.2, -0.15) is 0 Å². The molecule has 2 aliphatic rings. The van der Waals surface area contributed by atoms with Crippen molar-refractivity contribution < 1.29 is 14.3 Å². The number of likely N-dealkylation sites (tertiary alicyclic amines) is 1. The predicted octanol–water partition coefficient (Wildman–Crippen LogP) is 4.40. The molecule has 1 unspecified atom stereocenters. The number of rotatable bonds is 12. The van der Waals surface area contributed by atoms with Gasteiger partial charge < -0.3 is 30.0 Å². The number of carbonyl (C=O) groups excluding carboxylic acids is 1. The van der Waals surface area contributed by atoms with Crippen molar-refractivity contribution in [3.63, 3.8) is 0 Å². The lowest BCUT2D eigenvalue weighted by atomic mass is 9.72. The summed E-state index contributed by atoms with van der Waals surface area (Å²) in [6.45, 7) is 5.07. The van der Waals surface area contributed by atoms with E-state index in [4.69, 9.17) is 21.7 Å². The summed E-state index contributed by atoms with van der Waals surface area (Å²) in [5, 5.41) is 7.07. The highest BCUT2D eigenvalue weighted by Crippen LogP contribution is 2.42. The van der Waals surface area contributed by atoms with Gasteiger partial charge in [-0.1, -0.05) is 38.3 Å². The van der Waals surface area contributed by atoms with Crippen LogP contribution in [0.1, 0.15) is 69.5 Å². The molecule has 1 aromatic heterocycles. The highest BCUT2D eigenvalue weighted by Gasteiger charge is 2.44. The van der Waals surface area contributed by atoms with E-state index in [0.29, 0.717) is 24.0 Å². The van der Waals surface area contributed by atoms with E-state index in [1.807, 2.05) is 35.4 Å². The van der Waals surface area contributed by atoms with Crippen molar-refractivity contribution in [3.8, 4) is 5.75 Å². The minimum atomic E-state index is -0.454. The fourth-order valence-electron chi connectivity index (χ4n) is 6.07. The molecule has 1 saturated heterocycles. The highest BCUT2D eigenvalue weighted by atomic mass is 32.1. The lowest BCUT2D eigenvalue weighted by Gasteiger charge is -2.48. The molecule has 1 aliphatic heterocycles.